The lowest BCUT2D eigenvalue weighted by Crippen LogP contribution is -2.05. The average Bonchev–Trinajstić information content (AvgIpc) is 2.72. The van der Waals surface area contributed by atoms with Crippen molar-refractivity contribution in [2.24, 2.45) is 0 Å². The number of hydrogen-bond acceptors (Lipinski definition) is 4. The molecule has 0 unspecified atom stereocenters. The third kappa shape index (κ3) is 3.29. The number of hydrogen-bond donors (Lipinski definition) is 1. The first-order valence-electron chi connectivity index (χ1n) is 5.82. The van der Waals surface area contributed by atoms with Gasteiger partial charge < -0.3 is 5.32 Å². The summed E-state index contributed by atoms with van der Waals surface area (Å²) in [5.41, 5.74) is 0.988. The minimum absolute atomic E-state index is 0.702. The summed E-state index contributed by atoms with van der Waals surface area (Å²) in [6, 6.07) is 1.95. The van der Waals surface area contributed by atoms with E-state index in [2.05, 4.69) is 54.1 Å². The first-order chi connectivity index (χ1) is 9.06. The molecule has 2 aromatic heterocycles. The van der Waals surface area contributed by atoms with Gasteiger partial charge >= 0.3 is 0 Å². The van der Waals surface area contributed by atoms with E-state index in [-0.39, 0.29) is 0 Å². The van der Waals surface area contributed by atoms with Gasteiger partial charge in [0.05, 0.1) is 15.0 Å². The lowest BCUT2D eigenvalue weighted by molar-refractivity contribution is 0.986. The average molecular weight is 426 g/mol. The molecule has 7 heteroatoms. The van der Waals surface area contributed by atoms with Crippen LogP contribution in [0.4, 0.5) is 5.82 Å². The van der Waals surface area contributed by atoms with Gasteiger partial charge in [-0.05, 0) is 51.3 Å². The van der Waals surface area contributed by atoms with Gasteiger partial charge in [0.25, 0.3) is 0 Å². The maximum Gasteiger partial charge on any atom is 0.172 e. The van der Waals surface area contributed by atoms with Crippen molar-refractivity contribution < 1.29 is 0 Å². The van der Waals surface area contributed by atoms with Gasteiger partial charge in [0.15, 0.2) is 5.82 Å². The van der Waals surface area contributed by atoms with Gasteiger partial charge in [-0.15, -0.1) is 11.3 Å². The first-order valence-corrected chi connectivity index (χ1v) is 8.60. The Hall–Kier alpha value is -0.170. The predicted molar refractivity (Wildman–Crippen MR) is 89.3 cm³/mol. The van der Waals surface area contributed by atoms with Gasteiger partial charge in [-0.1, -0.05) is 18.5 Å². The topological polar surface area (TPSA) is 37.8 Å². The van der Waals surface area contributed by atoms with Crippen molar-refractivity contribution in [1.82, 2.24) is 9.97 Å². The van der Waals surface area contributed by atoms with E-state index >= 15 is 0 Å². The van der Waals surface area contributed by atoms with Gasteiger partial charge in [0, 0.05) is 11.0 Å². The van der Waals surface area contributed by atoms with Crippen LogP contribution in [0.2, 0.25) is 4.34 Å². The summed E-state index contributed by atoms with van der Waals surface area (Å²) in [7, 11) is 0. The zero-order valence-corrected chi connectivity index (χ0v) is 15.2. The number of rotatable bonds is 4. The molecule has 0 atom stereocenters. The Morgan fingerprint density at radius 3 is 2.58 bits per heavy atom. The minimum Gasteiger partial charge on any atom is -0.369 e. The van der Waals surface area contributed by atoms with Crippen LogP contribution in [0.15, 0.2) is 15.0 Å². The van der Waals surface area contributed by atoms with E-state index in [1.54, 1.807) is 0 Å². The molecule has 0 amide bonds. The molecule has 0 aliphatic rings. The smallest absolute Gasteiger partial charge is 0.172 e. The fourth-order valence-corrected chi connectivity index (χ4v) is 3.81. The summed E-state index contributed by atoms with van der Waals surface area (Å²) in [6.45, 7) is 4.93. The molecule has 0 aromatic carbocycles. The maximum atomic E-state index is 6.08. The molecule has 2 aromatic rings. The molecule has 0 saturated carbocycles. The summed E-state index contributed by atoms with van der Waals surface area (Å²) < 4.78 is 2.52. The number of nitrogens with one attached hydrogen (secondary N) is 1. The van der Waals surface area contributed by atoms with Crippen LogP contribution in [0.25, 0.3) is 10.7 Å². The predicted octanol–water partition coefficient (Wildman–Crippen LogP) is 5.38. The summed E-state index contributed by atoms with van der Waals surface area (Å²) >= 11 is 14.5. The van der Waals surface area contributed by atoms with E-state index in [0.29, 0.717) is 10.2 Å². The van der Waals surface area contributed by atoms with E-state index in [9.17, 15) is 0 Å². The molecule has 0 aliphatic carbocycles. The number of thiophene rings is 1. The molecule has 0 fully saturated rings. The van der Waals surface area contributed by atoms with Crippen molar-refractivity contribution in [3.8, 4) is 10.7 Å². The molecular formula is C12H12Br2ClN3S. The molecule has 0 aliphatic heterocycles. The molecule has 19 heavy (non-hydrogen) atoms. The second kappa shape index (κ2) is 6.52. The van der Waals surface area contributed by atoms with E-state index in [4.69, 9.17) is 11.6 Å². The van der Waals surface area contributed by atoms with E-state index in [0.717, 1.165) is 38.3 Å². The van der Waals surface area contributed by atoms with Crippen LogP contribution in [-0.2, 0) is 6.42 Å². The molecule has 102 valence electrons. The van der Waals surface area contributed by atoms with Gasteiger partial charge in [0.2, 0.25) is 0 Å². The van der Waals surface area contributed by atoms with Crippen molar-refractivity contribution >= 4 is 60.6 Å². The van der Waals surface area contributed by atoms with Crippen LogP contribution in [-0.4, -0.2) is 16.5 Å². The number of nitrogens with zero attached hydrogens (tertiary/aromatic N) is 2. The van der Waals surface area contributed by atoms with Crippen LogP contribution < -0.4 is 5.32 Å². The number of aromatic nitrogens is 2. The number of aryl methyl sites for hydroxylation is 1. The van der Waals surface area contributed by atoms with Gasteiger partial charge in [-0.2, -0.15) is 0 Å². The van der Waals surface area contributed by atoms with Crippen LogP contribution >= 0.6 is 54.8 Å². The molecule has 0 bridgehead atoms. The van der Waals surface area contributed by atoms with Crippen molar-refractivity contribution in [2.45, 2.75) is 20.3 Å². The molecule has 0 radical (unpaired) electrons. The maximum absolute atomic E-state index is 6.08. The summed E-state index contributed by atoms with van der Waals surface area (Å²) in [4.78, 5) is 10.1. The van der Waals surface area contributed by atoms with Gasteiger partial charge in [-0.25, -0.2) is 9.97 Å². The monoisotopic (exact) mass is 423 g/mol. The summed E-state index contributed by atoms with van der Waals surface area (Å²) in [5.74, 6) is 1.53. The highest BCUT2D eigenvalue weighted by Gasteiger charge is 2.14. The number of halogens is 3. The Labute approximate surface area is 138 Å². The van der Waals surface area contributed by atoms with E-state index in [1.165, 1.54) is 11.3 Å². The lowest BCUT2D eigenvalue weighted by Gasteiger charge is -2.10. The van der Waals surface area contributed by atoms with Crippen LogP contribution in [0.3, 0.4) is 0 Å². The van der Waals surface area contributed by atoms with Crippen molar-refractivity contribution in [2.75, 3.05) is 11.9 Å². The quantitative estimate of drug-likeness (QED) is 0.715. The minimum atomic E-state index is 0.702. The highest BCUT2D eigenvalue weighted by molar-refractivity contribution is 9.11. The zero-order valence-electron chi connectivity index (χ0n) is 10.4. The molecule has 2 heterocycles. The van der Waals surface area contributed by atoms with E-state index in [1.807, 2.05) is 13.0 Å². The van der Waals surface area contributed by atoms with E-state index < -0.39 is 0 Å². The van der Waals surface area contributed by atoms with Crippen molar-refractivity contribution in [3.63, 3.8) is 0 Å². The van der Waals surface area contributed by atoms with Gasteiger partial charge in [0.1, 0.15) is 10.2 Å². The Kier molecular flexibility index (Phi) is 5.22. The standard InChI is InChI=1S/C12H12Br2ClN3S/c1-3-7-9(14)12(16-4-2)18-11(17-7)8-5-6(13)10(15)19-8/h5H,3-4H2,1-2H3,(H,16,17,18). The first kappa shape index (κ1) is 15.2. The van der Waals surface area contributed by atoms with Crippen LogP contribution in [0, 0.1) is 0 Å². The Balaban J connectivity index is 2.54. The largest absolute Gasteiger partial charge is 0.369 e. The SMILES string of the molecule is CCNc1nc(-c2cc(Br)c(Cl)s2)nc(CC)c1Br. The third-order valence-electron chi connectivity index (χ3n) is 2.46. The Morgan fingerprint density at radius 1 is 1.32 bits per heavy atom. The van der Waals surface area contributed by atoms with Crippen LogP contribution in [0.5, 0.6) is 0 Å². The molecule has 0 spiro atoms. The fraction of sp³-hybridized carbons (Fsp3) is 0.333. The second-order valence-corrected chi connectivity index (χ2v) is 7.07. The van der Waals surface area contributed by atoms with Crippen molar-refractivity contribution in [1.29, 1.82) is 0 Å². The molecule has 3 nitrogen and oxygen atoms in total. The fourth-order valence-electron chi connectivity index (χ4n) is 1.58. The molecule has 1 N–H and O–H groups in total. The summed E-state index contributed by atoms with van der Waals surface area (Å²) in [5, 5.41) is 3.24. The van der Waals surface area contributed by atoms with Gasteiger partial charge in [-0.3, -0.25) is 0 Å². The Morgan fingerprint density at radius 2 is 2.05 bits per heavy atom. The third-order valence-corrected chi connectivity index (χ3v) is 5.77. The molecular weight excluding hydrogens is 413 g/mol. The normalized spacial score (nSPS) is 10.8. The lowest BCUT2D eigenvalue weighted by atomic mass is 10.3. The van der Waals surface area contributed by atoms with Crippen molar-refractivity contribution in [3.05, 3.63) is 25.0 Å². The van der Waals surface area contributed by atoms with Crippen LogP contribution in [0.1, 0.15) is 19.5 Å². The number of anilines is 1. The highest BCUT2D eigenvalue weighted by Crippen LogP contribution is 2.38. The molecule has 2 rings (SSSR count). The second-order valence-electron chi connectivity index (χ2n) is 3.77. The molecule has 0 saturated heterocycles. The summed E-state index contributed by atoms with van der Waals surface area (Å²) in [6.07, 6.45) is 0.842. The Bertz CT molecular complexity index is 581. The highest BCUT2D eigenvalue weighted by atomic mass is 79.9. The zero-order chi connectivity index (χ0) is 14.0.